The van der Waals surface area contributed by atoms with E-state index in [-0.39, 0.29) is 5.91 Å². The summed E-state index contributed by atoms with van der Waals surface area (Å²) in [5.74, 6) is 0.322. The summed E-state index contributed by atoms with van der Waals surface area (Å²) < 4.78 is 44.6. The molecule has 180 valence electrons. The molecule has 0 spiro atoms. The fourth-order valence-electron chi connectivity index (χ4n) is 3.56. The lowest BCUT2D eigenvalue weighted by Gasteiger charge is -2.13. The van der Waals surface area contributed by atoms with Gasteiger partial charge < -0.3 is 10.1 Å². The molecular formula is C27H23F3N2O2S. The molecular weight excluding hydrogens is 473 g/mol. The minimum atomic E-state index is -4.42. The van der Waals surface area contributed by atoms with E-state index in [1.807, 2.05) is 19.2 Å². The van der Waals surface area contributed by atoms with E-state index in [4.69, 9.17) is 4.74 Å². The number of hydrogen-bond acceptors (Lipinski definition) is 4. The van der Waals surface area contributed by atoms with Crippen molar-refractivity contribution < 1.29 is 22.7 Å². The highest BCUT2D eigenvalue weighted by molar-refractivity contribution is 7.09. The minimum absolute atomic E-state index is 0.354. The number of ether oxygens (including phenoxy) is 1. The summed E-state index contributed by atoms with van der Waals surface area (Å²) in [4.78, 5) is 17.4. The van der Waals surface area contributed by atoms with Gasteiger partial charge in [-0.2, -0.15) is 13.2 Å². The average Bonchev–Trinajstić information content (AvgIpc) is 3.24. The van der Waals surface area contributed by atoms with E-state index < -0.39 is 11.7 Å². The van der Waals surface area contributed by atoms with Crippen molar-refractivity contribution in [2.24, 2.45) is 0 Å². The molecule has 0 aliphatic heterocycles. The maximum atomic E-state index is 13.0. The SMILES string of the molecule is Cc1ccc(C(=O)Nc2ccc(OCCc3csc(C)n3)cc2)c(-c2ccc(C(F)(F)F)cc2)c1. The monoisotopic (exact) mass is 496 g/mol. The third-order valence-electron chi connectivity index (χ3n) is 5.35. The molecule has 0 radical (unpaired) electrons. The molecule has 0 saturated heterocycles. The lowest BCUT2D eigenvalue weighted by atomic mass is 9.96. The number of nitrogens with zero attached hydrogens (tertiary/aromatic N) is 1. The number of nitrogens with one attached hydrogen (secondary N) is 1. The Morgan fingerprint density at radius 3 is 2.34 bits per heavy atom. The number of thiazole rings is 1. The number of aryl methyl sites for hydroxylation is 2. The molecule has 0 aliphatic rings. The molecule has 0 unspecified atom stereocenters. The predicted octanol–water partition coefficient (Wildman–Crippen LogP) is 7.32. The fourth-order valence-corrected chi connectivity index (χ4v) is 4.21. The van der Waals surface area contributed by atoms with E-state index in [9.17, 15) is 18.0 Å². The van der Waals surface area contributed by atoms with E-state index in [0.717, 1.165) is 28.4 Å². The molecule has 0 aliphatic carbocycles. The van der Waals surface area contributed by atoms with Crippen LogP contribution in [0.1, 0.15) is 32.2 Å². The van der Waals surface area contributed by atoms with Crippen molar-refractivity contribution >= 4 is 22.9 Å². The number of alkyl halides is 3. The zero-order valence-corrected chi connectivity index (χ0v) is 20.0. The smallest absolute Gasteiger partial charge is 0.416 e. The third-order valence-corrected chi connectivity index (χ3v) is 6.17. The number of rotatable bonds is 7. The Balaban J connectivity index is 1.44. The van der Waals surface area contributed by atoms with E-state index in [1.54, 1.807) is 53.8 Å². The molecule has 35 heavy (non-hydrogen) atoms. The van der Waals surface area contributed by atoms with Crippen molar-refractivity contribution in [3.63, 3.8) is 0 Å². The summed E-state index contributed by atoms with van der Waals surface area (Å²) in [6.45, 7) is 4.32. The Labute approximate surface area is 205 Å². The number of amides is 1. The number of benzene rings is 3. The first-order valence-corrected chi connectivity index (χ1v) is 11.8. The van der Waals surface area contributed by atoms with Gasteiger partial charge >= 0.3 is 6.18 Å². The van der Waals surface area contributed by atoms with Crippen LogP contribution in [-0.2, 0) is 12.6 Å². The molecule has 0 bridgehead atoms. The van der Waals surface area contributed by atoms with Gasteiger partial charge in [0.05, 0.1) is 22.9 Å². The zero-order chi connectivity index (χ0) is 25.0. The van der Waals surface area contributed by atoms with Crippen molar-refractivity contribution in [2.45, 2.75) is 26.4 Å². The highest BCUT2D eigenvalue weighted by atomic mass is 32.1. The molecule has 0 atom stereocenters. The summed E-state index contributed by atoms with van der Waals surface area (Å²) >= 11 is 1.61. The van der Waals surface area contributed by atoms with Crippen LogP contribution < -0.4 is 10.1 Å². The van der Waals surface area contributed by atoms with Crippen LogP contribution >= 0.6 is 11.3 Å². The lowest BCUT2D eigenvalue weighted by Crippen LogP contribution is -2.13. The summed E-state index contributed by atoms with van der Waals surface area (Å²) in [5.41, 5.74) is 3.21. The van der Waals surface area contributed by atoms with Gasteiger partial charge in [-0.3, -0.25) is 4.79 Å². The van der Waals surface area contributed by atoms with Gasteiger partial charge in [-0.1, -0.05) is 29.8 Å². The van der Waals surface area contributed by atoms with E-state index in [0.29, 0.717) is 41.2 Å². The van der Waals surface area contributed by atoms with Crippen LogP contribution in [0, 0.1) is 13.8 Å². The van der Waals surface area contributed by atoms with Crippen molar-refractivity contribution in [1.82, 2.24) is 4.98 Å². The van der Waals surface area contributed by atoms with Crippen LogP contribution in [0.4, 0.5) is 18.9 Å². The highest BCUT2D eigenvalue weighted by Gasteiger charge is 2.30. The highest BCUT2D eigenvalue weighted by Crippen LogP contribution is 2.32. The Bertz CT molecular complexity index is 1310. The lowest BCUT2D eigenvalue weighted by molar-refractivity contribution is -0.137. The molecule has 1 aromatic heterocycles. The van der Waals surface area contributed by atoms with Crippen molar-refractivity contribution in [1.29, 1.82) is 0 Å². The van der Waals surface area contributed by atoms with Gasteiger partial charge in [-0.25, -0.2) is 4.98 Å². The normalized spacial score (nSPS) is 11.3. The second-order valence-electron chi connectivity index (χ2n) is 8.06. The maximum absolute atomic E-state index is 13.0. The Morgan fingerprint density at radius 2 is 1.71 bits per heavy atom. The molecule has 3 aromatic carbocycles. The minimum Gasteiger partial charge on any atom is -0.493 e. The molecule has 4 aromatic rings. The number of hydrogen-bond donors (Lipinski definition) is 1. The van der Waals surface area contributed by atoms with Crippen LogP contribution in [0.15, 0.2) is 72.1 Å². The predicted molar refractivity (Wildman–Crippen MR) is 132 cm³/mol. The standard InChI is InChI=1S/C27H23F3N2O2S/c1-17-3-12-24(25(15-17)19-4-6-20(7-5-19)27(28,29)30)26(33)32-21-8-10-23(11-9-21)34-14-13-22-16-35-18(2)31-22/h3-12,15-16H,13-14H2,1-2H3,(H,32,33). The van der Waals surface area contributed by atoms with Crippen molar-refractivity contribution in [3.05, 3.63) is 99.5 Å². The van der Waals surface area contributed by atoms with E-state index in [1.165, 1.54) is 12.1 Å². The van der Waals surface area contributed by atoms with E-state index >= 15 is 0 Å². The van der Waals surface area contributed by atoms with Gasteiger partial charge in [0.25, 0.3) is 5.91 Å². The molecule has 0 fully saturated rings. The van der Waals surface area contributed by atoms with E-state index in [2.05, 4.69) is 10.3 Å². The zero-order valence-electron chi connectivity index (χ0n) is 19.1. The second kappa shape index (κ2) is 10.3. The summed E-state index contributed by atoms with van der Waals surface area (Å²) in [6, 6.07) is 17.1. The molecule has 4 rings (SSSR count). The third kappa shape index (κ3) is 6.27. The van der Waals surface area contributed by atoms with Gasteiger partial charge in [0.2, 0.25) is 0 Å². The topological polar surface area (TPSA) is 51.2 Å². The first-order chi connectivity index (χ1) is 16.7. The first-order valence-electron chi connectivity index (χ1n) is 10.9. The fraction of sp³-hybridized carbons (Fsp3) is 0.185. The van der Waals surface area contributed by atoms with Crippen molar-refractivity contribution in [3.8, 4) is 16.9 Å². The van der Waals surface area contributed by atoms with Gasteiger partial charge in [-0.15, -0.1) is 11.3 Å². The van der Waals surface area contributed by atoms with Gasteiger partial charge in [0.1, 0.15) is 5.75 Å². The summed E-state index contributed by atoms with van der Waals surface area (Å²) in [5, 5.41) is 5.89. The first kappa shape index (κ1) is 24.5. The summed E-state index contributed by atoms with van der Waals surface area (Å²) in [7, 11) is 0. The molecule has 8 heteroatoms. The molecule has 1 heterocycles. The van der Waals surface area contributed by atoms with Gasteiger partial charge in [0, 0.05) is 23.1 Å². The van der Waals surface area contributed by atoms with Crippen LogP contribution in [0.2, 0.25) is 0 Å². The van der Waals surface area contributed by atoms with Gasteiger partial charge in [-0.05, 0) is 67.4 Å². The Morgan fingerprint density at radius 1 is 1.00 bits per heavy atom. The number of carbonyl (C=O) groups excluding carboxylic acids is 1. The molecule has 1 N–H and O–H groups in total. The number of aromatic nitrogens is 1. The average molecular weight is 497 g/mol. The second-order valence-corrected chi connectivity index (χ2v) is 9.12. The Kier molecular flexibility index (Phi) is 7.21. The van der Waals surface area contributed by atoms with Crippen LogP contribution in [0.25, 0.3) is 11.1 Å². The van der Waals surface area contributed by atoms with Crippen LogP contribution in [-0.4, -0.2) is 17.5 Å². The largest absolute Gasteiger partial charge is 0.493 e. The molecule has 4 nitrogen and oxygen atoms in total. The quantitative estimate of drug-likeness (QED) is 0.292. The number of halogens is 3. The van der Waals surface area contributed by atoms with Gasteiger partial charge in [0.15, 0.2) is 0 Å². The number of anilines is 1. The summed E-state index contributed by atoms with van der Waals surface area (Å²) in [6.07, 6.45) is -3.70. The molecule has 0 saturated carbocycles. The molecule has 1 amide bonds. The Hall–Kier alpha value is -3.65. The maximum Gasteiger partial charge on any atom is 0.416 e. The van der Waals surface area contributed by atoms with Crippen molar-refractivity contribution in [2.75, 3.05) is 11.9 Å². The van der Waals surface area contributed by atoms with Crippen LogP contribution in [0.3, 0.4) is 0 Å². The number of carbonyl (C=O) groups is 1. The van der Waals surface area contributed by atoms with Crippen LogP contribution in [0.5, 0.6) is 5.75 Å².